The number of methoxy groups -OCH3 is 1. The Morgan fingerprint density at radius 2 is 1.85 bits per heavy atom. The van der Waals surface area contributed by atoms with Gasteiger partial charge in [0.05, 0.1) is 24.1 Å². The molecule has 7 rings (SSSR count). The minimum absolute atomic E-state index is 0.0156. The lowest BCUT2D eigenvalue weighted by Gasteiger charge is -2.39. The molecule has 0 radical (unpaired) electrons. The number of allylic oxidation sites excluding steroid dienone is 1. The molecular weight excluding hydrogens is 873 g/mol. The summed E-state index contributed by atoms with van der Waals surface area (Å²) in [6, 6.07) is 12.5. The quantitative estimate of drug-likeness (QED) is 0.139. The molecule has 1 saturated heterocycles. The van der Waals surface area contributed by atoms with Gasteiger partial charge in [0.2, 0.25) is 11.8 Å². The Labute approximate surface area is 394 Å². The first-order chi connectivity index (χ1) is 31.7. The second-order valence-corrected chi connectivity index (χ2v) is 21.7. The van der Waals surface area contributed by atoms with Crippen LogP contribution in [0.15, 0.2) is 66.2 Å². The molecule has 4 atom stereocenters. The lowest BCUT2D eigenvalue weighted by Crippen LogP contribution is -2.62. The van der Waals surface area contributed by atoms with Crippen LogP contribution in [-0.4, -0.2) is 108 Å². The summed E-state index contributed by atoms with van der Waals surface area (Å²) in [5.41, 5.74) is 9.48. The molecule has 3 amide bonds. The number of rotatable bonds is 11. The van der Waals surface area contributed by atoms with Crippen LogP contribution in [0.25, 0.3) is 33.3 Å². The number of fused-ring (bicyclic) bond motifs is 6. The Hall–Kier alpha value is -5.58. The van der Waals surface area contributed by atoms with E-state index in [1.165, 1.54) is 9.91 Å². The molecule has 2 fully saturated rings. The largest absolute Gasteiger partial charge is 0.508 e. The fourth-order valence-corrected chi connectivity index (χ4v) is 10.5. The molecule has 16 heteroatoms. The van der Waals surface area contributed by atoms with Gasteiger partial charge in [-0.15, -0.1) is 0 Å². The molecule has 3 aliphatic rings. The average Bonchev–Trinajstić information content (AvgIpc) is 3.57. The van der Waals surface area contributed by atoms with E-state index in [9.17, 15) is 32.7 Å². The Balaban J connectivity index is 1.29. The van der Waals surface area contributed by atoms with Crippen LogP contribution in [0, 0.1) is 23.2 Å². The highest BCUT2D eigenvalue weighted by Crippen LogP contribution is 2.42. The van der Waals surface area contributed by atoms with Crippen molar-refractivity contribution in [1.29, 1.82) is 0 Å². The molecule has 360 valence electrons. The number of benzene rings is 2. The summed E-state index contributed by atoms with van der Waals surface area (Å²) in [5, 5.41) is 17.8. The first kappa shape index (κ1) is 49.3. The molecule has 1 aliphatic carbocycles. The maximum absolute atomic E-state index is 14.7. The van der Waals surface area contributed by atoms with Crippen LogP contribution >= 0.6 is 0 Å². The van der Waals surface area contributed by atoms with E-state index in [2.05, 4.69) is 54.3 Å². The minimum Gasteiger partial charge on any atom is -0.508 e. The summed E-state index contributed by atoms with van der Waals surface area (Å²) < 4.78 is 37.5. The SMILES string of the molecule is CCn1c(-c2cccnc2[C@H](C)OC)c2c3cc(ccc31)-c1cc(O)cc(c1)C[C@H](NC(=O)[C@H](C(C)C)N(C)C(=O)C1CC(/C=C/S(C)(=O)=O)C1)C(=O)N1CCC[C@H](N1)C(=O)OCC(C)(C)C2. The molecule has 2 aromatic heterocycles. The summed E-state index contributed by atoms with van der Waals surface area (Å²) in [6.45, 7) is 12.9. The molecule has 0 spiro atoms. The number of amides is 3. The number of aryl methyl sites for hydroxylation is 1. The van der Waals surface area contributed by atoms with Crippen molar-refractivity contribution in [2.45, 2.75) is 111 Å². The van der Waals surface area contributed by atoms with Crippen molar-refractivity contribution in [3.8, 4) is 28.1 Å². The number of nitrogens with zero attached hydrogens (tertiary/aromatic N) is 4. The summed E-state index contributed by atoms with van der Waals surface area (Å²) in [7, 11) is -0.0484. The van der Waals surface area contributed by atoms with Crippen LogP contribution in [0.2, 0.25) is 0 Å². The number of hydrogen-bond acceptors (Lipinski definition) is 11. The van der Waals surface area contributed by atoms with Crippen molar-refractivity contribution in [3.63, 3.8) is 0 Å². The number of nitrogens with one attached hydrogen (secondary N) is 2. The molecule has 2 aliphatic heterocycles. The fourth-order valence-electron chi connectivity index (χ4n) is 9.95. The number of phenols is 1. The van der Waals surface area contributed by atoms with Crippen LogP contribution in [0.5, 0.6) is 5.75 Å². The van der Waals surface area contributed by atoms with Gasteiger partial charge in [-0.25, -0.2) is 13.8 Å². The summed E-state index contributed by atoms with van der Waals surface area (Å²) >= 11 is 0. The van der Waals surface area contributed by atoms with Gasteiger partial charge in [-0.3, -0.25) is 29.2 Å². The van der Waals surface area contributed by atoms with Crippen molar-refractivity contribution in [2.75, 3.05) is 33.6 Å². The number of aromatic nitrogens is 2. The Bertz CT molecular complexity index is 2670. The molecule has 2 aromatic carbocycles. The first-order valence-corrected chi connectivity index (χ1v) is 25.3. The van der Waals surface area contributed by atoms with Gasteiger partial charge in [-0.1, -0.05) is 45.9 Å². The van der Waals surface area contributed by atoms with E-state index in [0.29, 0.717) is 49.8 Å². The smallest absolute Gasteiger partial charge is 0.324 e. The number of aromatic hydroxyl groups is 1. The van der Waals surface area contributed by atoms with E-state index in [1.807, 2.05) is 39.0 Å². The molecule has 15 nitrogen and oxygen atoms in total. The number of hydrogen-bond donors (Lipinski definition) is 3. The third-order valence-electron chi connectivity index (χ3n) is 13.5. The number of hydrazine groups is 1. The zero-order valence-corrected chi connectivity index (χ0v) is 41.0. The number of pyridine rings is 1. The van der Waals surface area contributed by atoms with E-state index in [4.69, 9.17) is 14.5 Å². The maximum Gasteiger partial charge on any atom is 0.324 e. The van der Waals surface area contributed by atoms with Crippen LogP contribution in [0.1, 0.15) is 90.2 Å². The molecular formula is C51H66N6O9S. The summed E-state index contributed by atoms with van der Waals surface area (Å²) in [5.74, 6) is -2.54. The number of cyclic esters (lactones) is 1. The van der Waals surface area contributed by atoms with Crippen LogP contribution in [0.3, 0.4) is 0 Å². The van der Waals surface area contributed by atoms with Crippen molar-refractivity contribution in [1.82, 2.24) is 30.2 Å². The van der Waals surface area contributed by atoms with Crippen molar-refractivity contribution in [2.24, 2.45) is 23.2 Å². The average molecular weight is 939 g/mol. The second-order valence-electron chi connectivity index (χ2n) is 19.8. The fraction of sp³-hybridized carbons (Fsp3) is 0.510. The lowest BCUT2D eigenvalue weighted by atomic mass is 9.74. The molecule has 4 aromatic rings. The van der Waals surface area contributed by atoms with Gasteiger partial charge in [0.25, 0.3) is 5.91 Å². The van der Waals surface area contributed by atoms with Gasteiger partial charge in [-0.2, -0.15) is 0 Å². The monoisotopic (exact) mass is 938 g/mol. The van der Waals surface area contributed by atoms with Crippen molar-refractivity contribution >= 4 is 44.4 Å². The molecule has 6 bridgehead atoms. The summed E-state index contributed by atoms with van der Waals surface area (Å²) in [6.07, 6.45) is 6.59. The second kappa shape index (κ2) is 19.9. The molecule has 67 heavy (non-hydrogen) atoms. The van der Waals surface area contributed by atoms with Gasteiger partial charge in [-0.05, 0) is 116 Å². The summed E-state index contributed by atoms with van der Waals surface area (Å²) in [4.78, 5) is 63.1. The highest BCUT2D eigenvalue weighted by Gasteiger charge is 2.41. The van der Waals surface area contributed by atoms with E-state index >= 15 is 0 Å². The van der Waals surface area contributed by atoms with Crippen molar-refractivity contribution in [3.05, 3.63) is 83.0 Å². The zero-order chi connectivity index (χ0) is 48.5. The molecule has 1 saturated carbocycles. The minimum atomic E-state index is -3.30. The number of ether oxygens (including phenoxy) is 2. The number of phenolic OH excluding ortho intramolecular Hbond substituents is 1. The number of likely N-dealkylation sites (N-methyl/N-ethyl adjacent to an activating group) is 1. The van der Waals surface area contributed by atoms with Crippen LogP contribution < -0.4 is 10.7 Å². The van der Waals surface area contributed by atoms with E-state index in [1.54, 1.807) is 38.6 Å². The number of carbonyl (C=O) groups is 4. The van der Waals surface area contributed by atoms with E-state index in [0.717, 1.165) is 50.6 Å². The van der Waals surface area contributed by atoms with Gasteiger partial charge in [0.15, 0.2) is 9.84 Å². The van der Waals surface area contributed by atoms with Crippen LogP contribution in [0.4, 0.5) is 0 Å². The predicted molar refractivity (Wildman–Crippen MR) is 257 cm³/mol. The third kappa shape index (κ3) is 10.9. The lowest BCUT2D eigenvalue weighted by molar-refractivity contribution is -0.155. The third-order valence-corrected chi connectivity index (χ3v) is 14.1. The highest BCUT2D eigenvalue weighted by molar-refractivity contribution is 7.93. The van der Waals surface area contributed by atoms with Gasteiger partial charge in [0, 0.05) is 79.3 Å². The zero-order valence-electron chi connectivity index (χ0n) is 40.2. The van der Waals surface area contributed by atoms with Gasteiger partial charge in [0.1, 0.15) is 23.9 Å². The maximum atomic E-state index is 14.7. The normalized spacial score (nSPS) is 22.2. The van der Waals surface area contributed by atoms with E-state index < -0.39 is 51.2 Å². The number of carbonyl (C=O) groups excluding carboxylic acids is 4. The van der Waals surface area contributed by atoms with Crippen LogP contribution in [-0.2, 0) is 57.9 Å². The van der Waals surface area contributed by atoms with E-state index in [-0.39, 0.29) is 55.1 Å². The topological polar surface area (TPSA) is 189 Å². The highest BCUT2D eigenvalue weighted by atomic mass is 32.2. The molecule has 3 N–H and O–H groups in total. The van der Waals surface area contributed by atoms with Gasteiger partial charge >= 0.3 is 5.97 Å². The Morgan fingerprint density at radius 1 is 1.10 bits per heavy atom. The predicted octanol–water partition coefficient (Wildman–Crippen LogP) is 6.52. The molecule has 4 heterocycles. The standard InChI is InChI=1S/C51H66N6O9S/c1-10-56-43-16-15-34-27-39(43)40(46(56)38-13-11-18-52-44(38)31(4)65-8)28-51(5,6)29-66-50(62)41-14-12-19-57(54-41)49(61)42(25-33-23-35(34)26-37(58)24-33)53-47(59)45(30(2)3)55(7)48(60)36-21-32(22-36)17-20-67(9,63)64/h11,13,15-18,20,23-24,26-27,30-32,36,41-42,45,54,58H,10,12,14,19,21-22,25,28-29H2,1-9H3,(H,53,59)/b20-17+/t31-,32?,36?,41-,42-,45-/m0/s1. The Kier molecular flexibility index (Phi) is 14.7. The number of esters is 1. The molecule has 0 unspecified atom stereocenters. The number of sulfone groups is 1. The van der Waals surface area contributed by atoms with Gasteiger partial charge < -0.3 is 29.4 Å². The van der Waals surface area contributed by atoms with Crippen molar-refractivity contribution < 1.29 is 42.2 Å². The Morgan fingerprint density at radius 3 is 2.54 bits per heavy atom. The first-order valence-electron chi connectivity index (χ1n) is 23.3.